The number of rotatable bonds is 7. The van der Waals surface area contributed by atoms with Gasteiger partial charge in [0.05, 0.1) is 11.1 Å². The summed E-state index contributed by atoms with van der Waals surface area (Å²) in [4.78, 5) is 26.3. The fourth-order valence-corrected chi connectivity index (χ4v) is 5.40. The minimum atomic E-state index is -3.92. The van der Waals surface area contributed by atoms with Crippen LogP contribution in [0.5, 0.6) is 0 Å². The van der Waals surface area contributed by atoms with E-state index in [2.05, 4.69) is 10.0 Å². The SMILES string of the molecule is O=C(Nc1cccc(N2CCCC2=O)c1)c1ccc(Cl)c(S(=O)(=O)NC[C@@H]2CCCO2)c1. The van der Waals surface area contributed by atoms with Gasteiger partial charge in [-0.25, -0.2) is 13.1 Å². The van der Waals surface area contributed by atoms with Crippen molar-refractivity contribution in [1.82, 2.24) is 4.72 Å². The monoisotopic (exact) mass is 477 g/mol. The van der Waals surface area contributed by atoms with Crippen LogP contribution in [0.4, 0.5) is 11.4 Å². The maximum atomic E-state index is 12.8. The second-order valence-corrected chi connectivity index (χ2v) is 9.93. The summed E-state index contributed by atoms with van der Waals surface area (Å²) < 4.78 is 33.4. The molecule has 0 aliphatic carbocycles. The zero-order valence-corrected chi connectivity index (χ0v) is 18.9. The highest BCUT2D eigenvalue weighted by molar-refractivity contribution is 7.89. The molecule has 2 heterocycles. The molecule has 2 aromatic rings. The highest BCUT2D eigenvalue weighted by Crippen LogP contribution is 2.26. The van der Waals surface area contributed by atoms with E-state index in [1.165, 1.54) is 18.2 Å². The van der Waals surface area contributed by atoms with Crippen LogP contribution in [0.15, 0.2) is 47.4 Å². The van der Waals surface area contributed by atoms with Crippen molar-refractivity contribution in [3.05, 3.63) is 53.1 Å². The van der Waals surface area contributed by atoms with Crippen molar-refractivity contribution < 1.29 is 22.7 Å². The Morgan fingerprint density at radius 2 is 2.03 bits per heavy atom. The zero-order valence-electron chi connectivity index (χ0n) is 17.3. The second kappa shape index (κ2) is 9.58. The van der Waals surface area contributed by atoms with Gasteiger partial charge >= 0.3 is 0 Å². The van der Waals surface area contributed by atoms with Crippen LogP contribution in [0.25, 0.3) is 0 Å². The van der Waals surface area contributed by atoms with Crippen molar-refractivity contribution in [1.29, 1.82) is 0 Å². The standard InChI is InChI=1S/C22H24ClN3O5S/c23-19-9-8-15(12-20(19)32(29,30)24-14-18-6-3-11-31-18)22(28)25-16-4-1-5-17(13-16)26-10-2-7-21(26)27/h1,4-5,8-9,12-13,18,24H,2-3,6-7,10-11,14H2,(H,25,28)/t18-/m0/s1. The molecule has 0 unspecified atom stereocenters. The molecule has 2 N–H and O–H groups in total. The number of hydrogen-bond donors (Lipinski definition) is 2. The largest absolute Gasteiger partial charge is 0.377 e. The lowest BCUT2D eigenvalue weighted by Gasteiger charge is -2.17. The number of halogens is 1. The summed E-state index contributed by atoms with van der Waals surface area (Å²) in [6.07, 6.45) is 2.85. The number of nitrogens with zero attached hydrogens (tertiary/aromatic N) is 1. The highest BCUT2D eigenvalue weighted by atomic mass is 35.5. The molecule has 2 aromatic carbocycles. The number of hydrogen-bond acceptors (Lipinski definition) is 5. The average Bonchev–Trinajstić information content (AvgIpc) is 3.44. The van der Waals surface area contributed by atoms with Crippen LogP contribution in [-0.4, -0.2) is 46.0 Å². The molecule has 32 heavy (non-hydrogen) atoms. The fraction of sp³-hybridized carbons (Fsp3) is 0.364. The summed E-state index contributed by atoms with van der Waals surface area (Å²) in [5.74, 6) is -0.432. The number of amides is 2. The summed E-state index contributed by atoms with van der Waals surface area (Å²) in [6, 6.07) is 11.1. The molecule has 2 fully saturated rings. The Morgan fingerprint density at radius 1 is 1.19 bits per heavy atom. The van der Waals surface area contributed by atoms with Crippen LogP contribution in [0.3, 0.4) is 0 Å². The van der Waals surface area contributed by atoms with Crippen molar-refractivity contribution in [2.45, 2.75) is 36.7 Å². The van der Waals surface area contributed by atoms with E-state index in [1.54, 1.807) is 23.1 Å². The lowest BCUT2D eigenvalue weighted by molar-refractivity contribution is -0.117. The molecule has 0 spiro atoms. The lowest BCUT2D eigenvalue weighted by Crippen LogP contribution is -2.32. The third-order valence-corrected chi connectivity index (χ3v) is 7.40. The molecule has 170 valence electrons. The van der Waals surface area contributed by atoms with E-state index in [0.717, 1.165) is 19.3 Å². The molecule has 0 radical (unpaired) electrons. The Morgan fingerprint density at radius 3 is 2.75 bits per heavy atom. The first-order valence-corrected chi connectivity index (χ1v) is 12.3. The van der Waals surface area contributed by atoms with E-state index in [-0.39, 0.29) is 34.0 Å². The Labute approximate surface area is 191 Å². The number of nitrogens with one attached hydrogen (secondary N) is 2. The molecule has 0 aromatic heterocycles. The molecular weight excluding hydrogens is 454 g/mol. The maximum Gasteiger partial charge on any atom is 0.255 e. The summed E-state index contributed by atoms with van der Waals surface area (Å²) in [6.45, 7) is 1.42. The number of anilines is 2. The molecular formula is C22H24ClN3O5S. The fourth-order valence-electron chi connectivity index (χ4n) is 3.81. The molecule has 0 saturated carbocycles. The summed E-state index contributed by atoms with van der Waals surface area (Å²) in [5, 5.41) is 2.78. The third-order valence-electron chi connectivity index (χ3n) is 5.50. The van der Waals surface area contributed by atoms with Crippen LogP contribution in [0.2, 0.25) is 5.02 Å². The molecule has 1 atom stereocenters. The van der Waals surface area contributed by atoms with Gasteiger partial charge in [0.25, 0.3) is 5.91 Å². The van der Waals surface area contributed by atoms with Gasteiger partial charge in [-0.3, -0.25) is 9.59 Å². The molecule has 2 saturated heterocycles. The summed E-state index contributed by atoms with van der Waals surface area (Å²) in [7, 11) is -3.92. The van der Waals surface area contributed by atoms with Crippen molar-refractivity contribution in [3.8, 4) is 0 Å². The molecule has 2 aliphatic heterocycles. The van der Waals surface area contributed by atoms with Crippen molar-refractivity contribution in [2.24, 2.45) is 0 Å². The van der Waals surface area contributed by atoms with Crippen LogP contribution >= 0.6 is 11.6 Å². The van der Waals surface area contributed by atoms with Gasteiger partial charge < -0.3 is 15.0 Å². The average molecular weight is 478 g/mol. The van der Waals surface area contributed by atoms with E-state index in [1.807, 2.05) is 6.07 Å². The quantitative estimate of drug-likeness (QED) is 0.637. The van der Waals surface area contributed by atoms with E-state index >= 15 is 0 Å². The lowest BCUT2D eigenvalue weighted by atomic mass is 10.2. The molecule has 2 aliphatic rings. The minimum Gasteiger partial charge on any atom is -0.377 e. The Kier molecular flexibility index (Phi) is 6.80. The Hall–Kier alpha value is -2.46. The van der Waals surface area contributed by atoms with Gasteiger partial charge in [-0.2, -0.15) is 0 Å². The van der Waals surface area contributed by atoms with Gasteiger partial charge in [0, 0.05) is 43.1 Å². The Bertz CT molecular complexity index is 1130. The van der Waals surface area contributed by atoms with E-state index in [4.69, 9.17) is 16.3 Å². The van der Waals surface area contributed by atoms with E-state index in [9.17, 15) is 18.0 Å². The van der Waals surface area contributed by atoms with Gasteiger partial charge in [-0.1, -0.05) is 17.7 Å². The van der Waals surface area contributed by atoms with Crippen molar-refractivity contribution in [3.63, 3.8) is 0 Å². The number of carbonyl (C=O) groups excluding carboxylic acids is 2. The predicted octanol–water partition coefficient (Wildman–Crippen LogP) is 3.18. The summed E-state index contributed by atoms with van der Waals surface area (Å²) >= 11 is 6.13. The molecule has 0 bridgehead atoms. The first-order chi connectivity index (χ1) is 15.3. The van der Waals surface area contributed by atoms with Gasteiger partial charge in [0.1, 0.15) is 4.90 Å². The number of ether oxygens (including phenoxy) is 1. The highest BCUT2D eigenvalue weighted by Gasteiger charge is 2.24. The van der Waals surface area contributed by atoms with Crippen LogP contribution in [0.1, 0.15) is 36.0 Å². The number of sulfonamides is 1. The first-order valence-electron chi connectivity index (χ1n) is 10.5. The smallest absolute Gasteiger partial charge is 0.255 e. The van der Waals surface area contributed by atoms with Gasteiger partial charge in [0.15, 0.2) is 0 Å². The van der Waals surface area contributed by atoms with Gasteiger partial charge in [0.2, 0.25) is 15.9 Å². The Balaban J connectivity index is 1.49. The number of carbonyl (C=O) groups is 2. The van der Waals surface area contributed by atoms with Crippen LogP contribution in [-0.2, 0) is 19.6 Å². The van der Waals surface area contributed by atoms with Crippen LogP contribution < -0.4 is 14.9 Å². The number of benzene rings is 2. The second-order valence-electron chi connectivity index (χ2n) is 7.79. The molecule has 10 heteroatoms. The van der Waals surface area contributed by atoms with E-state index in [0.29, 0.717) is 30.9 Å². The maximum absolute atomic E-state index is 12.8. The molecule has 8 nitrogen and oxygen atoms in total. The van der Waals surface area contributed by atoms with E-state index < -0.39 is 15.9 Å². The zero-order chi connectivity index (χ0) is 22.7. The normalized spacial score (nSPS) is 18.8. The predicted molar refractivity (Wildman–Crippen MR) is 122 cm³/mol. The third kappa shape index (κ3) is 5.12. The summed E-state index contributed by atoms with van der Waals surface area (Å²) in [5.41, 5.74) is 1.36. The van der Waals surface area contributed by atoms with Crippen molar-refractivity contribution in [2.75, 3.05) is 29.9 Å². The topological polar surface area (TPSA) is 105 Å². The van der Waals surface area contributed by atoms with Gasteiger partial charge in [-0.05, 0) is 55.7 Å². The molecule has 2 amide bonds. The van der Waals surface area contributed by atoms with Crippen LogP contribution in [0, 0.1) is 0 Å². The first kappa shape index (κ1) is 22.7. The van der Waals surface area contributed by atoms with Crippen molar-refractivity contribution >= 4 is 44.8 Å². The van der Waals surface area contributed by atoms with Gasteiger partial charge in [-0.15, -0.1) is 0 Å². The molecule has 4 rings (SSSR count). The minimum absolute atomic E-state index is 0.0240.